The van der Waals surface area contributed by atoms with Gasteiger partial charge >= 0.3 is 0 Å². The van der Waals surface area contributed by atoms with Gasteiger partial charge in [-0.25, -0.2) is 9.97 Å². The van der Waals surface area contributed by atoms with Gasteiger partial charge in [-0.05, 0) is 50.2 Å². The number of aryl methyl sites for hydroxylation is 2. The number of aromatic nitrogens is 6. The van der Waals surface area contributed by atoms with Crippen LogP contribution in [0.1, 0.15) is 37.8 Å². The number of H-pyrrole nitrogens is 1. The largest absolute Gasteiger partial charge is 0.355 e. The van der Waals surface area contributed by atoms with E-state index >= 15 is 0 Å². The molecule has 1 aliphatic carbocycles. The first-order chi connectivity index (χ1) is 15.9. The average Bonchev–Trinajstić information content (AvgIpc) is 3.45. The second kappa shape index (κ2) is 7.55. The maximum atomic E-state index is 6.76. The Labute approximate surface area is 201 Å². The van der Waals surface area contributed by atoms with Gasteiger partial charge in [-0.15, -0.1) is 0 Å². The van der Waals surface area contributed by atoms with Crippen molar-refractivity contribution in [2.45, 2.75) is 45.1 Å². The van der Waals surface area contributed by atoms with Gasteiger partial charge in [-0.3, -0.25) is 9.78 Å². The first kappa shape index (κ1) is 21.1. The van der Waals surface area contributed by atoms with Crippen LogP contribution in [0.4, 0.5) is 5.82 Å². The predicted octanol–water partition coefficient (Wildman–Crippen LogP) is 4.62. The van der Waals surface area contributed by atoms with Crippen LogP contribution < -0.4 is 10.6 Å². The number of anilines is 1. The fourth-order valence-electron chi connectivity index (χ4n) is 5.75. The molecule has 1 saturated heterocycles. The monoisotopic (exact) mass is 484 g/mol. The summed E-state index contributed by atoms with van der Waals surface area (Å²) in [7, 11) is 1.79. The topological polar surface area (TPSA) is 102 Å². The van der Waals surface area contributed by atoms with Gasteiger partial charge in [0.2, 0.25) is 0 Å². The van der Waals surface area contributed by atoms with Crippen molar-refractivity contribution in [1.29, 1.82) is 0 Å². The summed E-state index contributed by atoms with van der Waals surface area (Å²) in [6.45, 7) is 3.92. The Morgan fingerprint density at radius 2 is 1.94 bits per heavy atom. The molecule has 0 radical (unpaired) electrons. The number of rotatable bonds is 2. The van der Waals surface area contributed by atoms with Crippen LogP contribution in [0.2, 0.25) is 10.2 Å². The van der Waals surface area contributed by atoms with Crippen LogP contribution >= 0.6 is 23.2 Å². The number of benzene rings is 1. The molecule has 0 unspecified atom stereocenters. The SMILES string of the molecule is Cc1nc2c(-c3ccc4nn(C)c(Cl)c4c3Cl)n[nH]c2nc1N1CCC2(CCC[C@H]2N)CC1. The molecule has 1 aromatic carbocycles. The number of hydrogen-bond acceptors (Lipinski definition) is 6. The molecule has 1 aliphatic heterocycles. The Kier molecular flexibility index (Phi) is 4.83. The molecule has 33 heavy (non-hydrogen) atoms. The molecule has 4 heterocycles. The fraction of sp³-hybridized carbons (Fsp3) is 0.478. The molecule has 172 valence electrons. The molecule has 4 aromatic rings. The van der Waals surface area contributed by atoms with Crippen molar-refractivity contribution in [2.24, 2.45) is 18.2 Å². The van der Waals surface area contributed by atoms with E-state index in [0.29, 0.717) is 43.9 Å². The van der Waals surface area contributed by atoms with Gasteiger partial charge < -0.3 is 10.6 Å². The third kappa shape index (κ3) is 3.15. The number of fused-ring (bicyclic) bond motifs is 2. The zero-order valence-electron chi connectivity index (χ0n) is 18.7. The molecular weight excluding hydrogens is 459 g/mol. The molecule has 1 atom stereocenters. The molecule has 10 heteroatoms. The number of nitrogens with two attached hydrogens (primary N) is 1. The van der Waals surface area contributed by atoms with Crippen molar-refractivity contribution >= 4 is 51.1 Å². The fourth-order valence-corrected chi connectivity index (χ4v) is 6.36. The van der Waals surface area contributed by atoms with Crippen molar-refractivity contribution in [1.82, 2.24) is 29.9 Å². The number of aromatic amines is 1. The van der Waals surface area contributed by atoms with E-state index in [9.17, 15) is 0 Å². The summed E-state index contributed by atoms with van der Waals surface area (Å²) in [5, 5.41) is 13.7. The molecule has 3 N–H and O–H groups in total. The van der Waals surface area contributed by atoms with Crippen LogP contribution in [0.15, 0.2) is 12.1 Å². The Morgan fingerprint density at radius 3 is 2.67 bits per heavy atom. The van der Waals surface area contributed by atoms with Crippen molar-refractivity contribution in [3.05, 3.63) is 28.0 Å². The zero-order valence-corrected chi connectivity index (χ0v) is 20.2. The molecule has 0 amide bonds. The van der Waals surface area contributed by atoms with E-state index in [2.05, 4.69) is 20.2 Å². The third-order valence-corrected chi connectivity index (χ3v) is 8.53. The molecule has 0 bridgehead atoms. The lowest BCUT2D eigenvalue weighted by Crippen LogP contribution is -2.47. The minimum Gasteiger partial charge on any atom is -0.355 e. The van der Waals surface area contributed by atoms with Gasteiger partial charge in [0.15, 0.2) is 11.5 Å². The molecule has 1 spiro atoms. The standard InChI is InChI=1S/C23H26Cl2N8/c1-12-22(33-10-8-23(9-11-33)7-3-4-15(23)26)28-21-19(27-12)18(29-30-21)13-5-6-14-16(17(13)24)20(25)32(2)31-14/h5-6,15H,3-4,7-11,26H2,1-2H3,(H,28,29,30)/t15-/m1/s1. The van der Waals surface area contributed by atoms with E-state index in [1.807, 2.05) is 19.1 Å². The molecule has 2 fully saturated rings. The Balaban J connectivity index is 1.36. The molecule has 1 saturated carbocycles. The highest BCUT2D eigenvalue weighted by atomic mass is 35.5. The summed E-state index contributed by atoms with van der Waals surface area (Å²) in [6, 6.07) is 4.14. The van der Waals surface area contributed by atoms with Gasteiger partial charge in [0.05, 0.1) is 21.6 Å². The molecule has 8 nitrogen and oxygen atoms in total. The third-order valence-electron chi connectivity index (χ3n) is 7.70. The maximum absolute atomic E-state index is 6.76. The average molecular weight is 485 g/mol. The maximum Gasteiger partial charge on any atom is 0.177 e. The lowest BCUT2D eigenvalue weighted by molar-refractivity contribution is 0.197. The highest BCUT2D eigenvalue weighted by molar-refractivity contribution is 6.43. The molecule has 3 aromatic heterocycles. The van der Waals surface area contributed by atoms with E-state index in [1.54, 1.807) is 11.7 Å². The van der Waals surface area contributed by atoms with Gasteiger partial charge in [0.25, 0.3) is 0 Å². The van der Waals surface area contributed by atoms with E-state index in [4.69, 9.17) is 38.9 Å². The van der Waals surface area contributed by atoms with E-state index < -0.39 is 0 Å². The van der Waals surface area contributed by atoms with Crippen LogP contribution in [-0.2, 0) is 7.05 Å². The number of hydrogen-bond donors (Lipinski definition) is 2. The normalized spacial score (nSPS) is 20.5. The Hall–Kier alpha value is -2.42. The van der Waals surface area contributed by atoms with Crippen LogP contribution in [0.5, 0.6) is 0 Å². The van der Waals surface area contributed by atoms with Crippen molar-refractivity contribution in [2.75, 3.05) is 18.0 Å². The summed E-state index contributed by atoms with van der Waals surface area (Å²) < 4.78 is 1.61. The molecule has 2 aliphatic rings. The lowest BCUT2D eigenvalue weighted by atomic mass is 9.74. The van der Waals surface area contributed by atoms with Crippen molar-refractivity contribution < 1.29 is 0 Å². The van der Waals surface area contributed by atoms with Crippen LogP contribution in [0, 0.1) is 12.3 Å². The number of halogens is 2. The smallest absolute Gasteiger partial charge is 0.177 e. The first-order valence-electron chi connectivity index (χ1n) is 11.4. The minimum absolute atomic E-state index is 0.312. The molecular formula is C23H26Cl2N8. The van der Waals surface area contributed by atoms with E-state index in [1.165, 1.54) is 12.8 Å². The van der Waals surface area contributed by atoms with Crippen LogP contribution in [0.25, 0.3) is 33.3 Å². The van der Waals surface area contributed by atoms with Gasteiger partial charge in [-0.1, -0.05) is 29.6 Å². The summed E-state index contributed by atoms with van der Waals surface area (Å²) in [6.07, 6.45) is 5.88. The van der Waals surface area contributed by atoms with Crippen LogP contribution in [0.3, 0.4) is 0 Å². The quantitative estimate of drug-likeness (QED) is 0.430. The first-order valence-corrected chi connectivity index (χ1v) is 12.2. The Bertz CT molecular complexity index is 1380. The van der Waals surface area contributed by atoms with E-state index in [0.717, 1.165) is 54.9 Å². The number of nitrogens with zero attached hydrogens (tertiary/aromatic N) is 6. The summed E-state index contributed by atoms with van der Waals surface area (Å²) in [5.74, 6) is 0.913. The highest BCUT2D eigenvalue weighted by Gasteiger charge is 2.43. The molecule has 6 rings (SSSR count). The van der Waals surface area contributed by atoms with Gasteiger partial charge in [-0.2, -0.15) is 10.2 Å². The second-order valence-corrected chi connectivity index (χ2v) is 10.2. The van der Waals surface area contributed by atoms with Crippen molar-refractivity contribution in [3.8, 4) is 11.3 Å². The van der Waals surface area contributed by atoms with Gasteiger partial charge in [0.1, 0.15) is 16.4 Å². The lowest BCUT2D eigenvalue weighted by Gasteiger charge is -2.42. The van der Waals surface area contributed by atoms with Gasteiger partial charge in [0, 0.05) is 31.7 Å². The van der Waals surface area contributed by atoms with E-state index in [-0.39, 0.29) is 0 Å². The van der Waals surface area contributed by atoms with Crippen molar-refractivity contribution in [3.63, 3.8) is 0 Å². The Morgan fingerprint density at radius 1 is 1.15 bits per heavy atom. The minimum atomic E-state index is 0.312. The summed E-state index contributed by atoms with van der Waals surface area (Å²) in [4.78, 5) is 12.2. The van der Waals surface area contributed by atoms with Crippen LogP contribution in [-0.4, -0.2) is 49.1 Å². The predicted molar refractivity (Wildman–Crippen MR) is 132 cm³/mol. The zero-order chi connectivity index (χ0) is 22.9. The number of piperidine rings is 1. The summed E-state index contributed by atoms with van der Waals surface area (Å²) in [5.41, 5.74) is 11.2. The number of nitrogens with one attached hydrogen (secondary N) is 1. The summed E-state index contributed by atoms with van der Waals surface area (Å²) >= 11 is 13.2. The highest BCUT2D eigenvalue weighted by Crippen LogP contribution is 2.46. The second-order valence-electron chi connectivity index (χ2n) is 9.49.